The molecule has 5 heteroatoms. The number of hydrogen-bond donors (Lipinski definition) is 0. The second kappa shape index (κ2) is 18.9. The van der Waals surface area contributed by atoms with Gasteiger partial charge in [-0.05, 0) is 0 Å². The molecule has 3 aromatic rings. The van der Waals surface area contributed by atoms with E-state index in [4.69, 9.17) is 0 Å². The number of aryl methyl sites for hydroxylation is 2. The summed E-state index contributed by atoms with van der Waals surface area (Å²) in [6, 6.07) is 31.1. The van der Waals surface area contributed by atoms with Crippen LogP contribution >= 0.6 is 0 Å². The van der Waals surface area contributed by atoms with Crippen molar-refractivity contribution in [3.63, 3.8) is 0 Å². The van der Waals surface area contributed by atoms with Gasteiger partial charge >= 0.3 is 265 Å². The minimum Gasteiger partial charge on any atom is -1.00 e. The van der Waals surface area contributed by atoms with Gasteiger partial charge < -0.3 is 37.2 Å². The third kappa shape index (κ3) is 8.07. The predicted octanol–water partition coefficient (Wildman–Crippen LogP) is 0.346. The van der Waals surface area contributed by atoms with Gasteiger partial charge in [-0.3, -0.25) is 0 Å². The summed E-state index contributed by atoms with van der Waals surface area (Å²) < 4.78 is 1.56. The van der Waals surface area contributed by atoms with Gasteiger partial charge in [-0.1, -0.05) is 0 Å². The number of unbranched alkanes of at least 4 members (excludes halogenated alkanes) is 6. The molecule has 1 unspecified atom stereocenters. The van der Waals surface area contributed by atoms with Crippen molar-refractivity contribution in [3.05, 3.63) is 111 Å². The third-order valence-electron chi connectivity index (χ3n) is 10.0. The summed E-state index contributed by atoms with van der Waals surface area (Å²) in [5, 5.41) is 4.59. The second-order valence-electron chi connectivity index (χ2n) is 12.5. The topological polar surface area (TPSA) is 0 Å². The largest absolute Gasteiger partial charge is 1.00 e. The van der Waals surface area contributed by atoms with Gasteiger partial charge in [0.05, 0.1) is 0 Å². The summed E-state index contributed by atoms with van der Waals surface area (Å²) in [5.41, 5.74) is 7.63. The number of allylic oxidation sites excluding steroid dienone is 4. The van der Waals surface area contributed by atoms with E-state index in [2.05, 4.69) is 141 Å². The van der Waals surface area contributed by atoms with Crippen molar-refractivity contribution >= 4 is 23.6 Å². The zero-order valence-corrected chi connectivity index (χ0v) is 32.5. The molecule has 0 heterocycles. The predicted molar refractivity (Wildman–Crippen MR) is 179 cm³/mol. The fourth-order valence-corrected chi connectivity index (χ4v) is 15.1. The summed E-state index contributed by atoms with van der Waals surface area (Å²) in [5.74, 6) is 0. The Kier molecular flexibility index (Phi) is 17.6. The Balaban J connectivity index is 0.00000323. The van der Waals surface area contributed by atoms with E-state index < -0.39 is 8.07 Å². The molecule has 0 bridgehead atoms. The molecule has 3 aromatic carbocycles. The zero-order chi connectivity index (χ0) is 29.5. The number of hydrogen-bond acceptors (Lipinski definition) is 0. The van der Waals surface area contributed by atoms with Gasteiger partial charge in [-0.15, -0.1) is 0 Å². The molecule has 0 aromatic heterocycles. The summed E-state index contributed by atoms with van der Waals surface area (Å²) in [6.07, 6.45) is 12.8. The van der Waals surface area contributed by atoms with Crippen molar-refractivity contribution in [1.82, 2.24) is 0 Å². The maximum atomic E-state index is 2.66. The molecule has 0 radical (unpaired) electrons. The molecule has 0 saturated carbocycles. The van der Waals surface area contributed by atoms with E-state index in [1.807, 2.05) is 0 Å². The van der Waals surface area contributed by atoms with Crippen LogP contribution in [0.4, 0.5) is 0 Å². The Labute approximate surface area is 300 Å². The Morgan fingerprint density at radius 1 is 0.568 bits per heavy atom. The van der Waals surface area contributed by atoms with E-state index in [1.54, 1.807) is 25.8 Å². The molecule has 0 spiro atoms. The maximum absolute atomic E-state index is 2.66. The van der Waals surface area contributed by atoms with E-state index >= 15 is 0 Å². The van der Waals surface area contributed by atoms with Gasteiger partial charge in [0.2, 0.25) is 0 Å². The normalized spacial score (nSPS) is 16.4. The van der Waals surface area contributed by atoms with Crippen LogP contribution in [0, 0.1) is 0 Å². The van der Waals surface area contributed by atoms with Crippen LogP contribution in [0.15, 0.2) is 99.5 Å². The van der Waals surface area contributed by atoms with E-state index in [0.717, 1.165) is 0 Å². The molecule has 4 rings (SSSR count). The average Bonchev–Trinajstić information content (AvgIpc) is 3.15. The molecule has 236 valence electrons. The Morgan fingerprint density at radius 2 is 1.00 bits per heavy atom. The maximum Gasteiger partial charge on any atom is -1.00 e. The Bertz CT molecular complexity index is 1270. The quantitative estimate of drug-likeness (QED) is 0.129. The van der Waals surface area contributed by atoms with Crippen LogP contribution in [0.3, 0.4) is 0 Å². The Hall–Kier alpha value is -1.06. The number of rotatable bonds is 14. The minimum absolute atomic E-state index is 0. The molecule has 44 heavy (non-hydrogen) atoms. The van der Waals surface area contributed by atoms with Gasteiger partial charge in [0.1, 0.15) is 0 Å². The Morgan fingerprint density at radius 3 is 1.36 bits per heavy atom. The molecule has 0 aliphatic heterocycles. The van der Waals surface area contributed by atoms with Crippen LogP contribution in [0.2, 0.25) is 5.04 Å². The molecule has 0 saturated heterocycles. The first-order chi connectivity index (χ1) is 19.8. The molecule has 0 fully saturated rings. The smallest absolute Gasteiger partial charge is 1.00 e. The summed E-state index contributed by atoms with van der Waals surface area (Å²) >= 11 is 2.43. The molecule has 1 aliphatic carbocycles. The summed E-state index contributed by atoms with van der Waals surface area (Å²) in [7, 11) is -2.61. The van der Waals surface area contributed by atoms with E-state index in [1.165, 1.54) is 85.7 Å². The number of halogens is 3. The molecule has 0 nitrogen and oxygen atoms in total. The van der Waals surface area contributed by atoms with Crippen molar-refractivity contribution in [2.45, 2.75) is 111 Å². The first kappa shape index (κ1) is 41.0. The SMILES string of the molecule is CCCCCCc1cc(CCCCCC)cc([Si](c2ccccc2)(c2ccccc2)C2(C)C(C)=C(C)C(C)=[C]2[Ti+3])c1.[Cl-].[Cl-].[Cl-]. The van der Waals surface area contributed by atoms with Crippen molar-refractivity contribution in [2.24, 2.45) is 0 Å². The standard InChI is InChI=1S/C39H51Si.3ClH.Ti/c1-7-9-11-15-21-34-27-35(22-16-12-10-8-2)29-38(28-34)40(36-23-17-13-18-24-36,37-25-19-14-20-26-37)39(6)30-31(3)32(4)33(39)5;;;;/h13-14,17-20,23-29H,7-12,15-16,21-22H2,1-6H3;3*1H;/q;;;;+3/p-3. The molecular formula is C39H51Cl3SiTi. The fraction of sp³-hybridized carbons (Fsp3) is 0.436. The third-order valence-corrected chi connectivity index (χ3v) is 17.5. The minimum atomic E-state index is -2.61. The van der Waals surface area contributed by atoms with Gasteiger partial charge in [-0.25, -0.2) is 0 Å². The van der Waals surface area contributed by atoms with Crippen LogP contribution < -0.4 is 52.8 Å². The molecule has 1 atom stereocenters. The van der Waals surface area contributed by atoms with Crippen LogP contribution in [0.5, 0.6) is 0 Å². The first-order valence-electron chi connectivity index (χ1n) is 16.2. The van der Waals surface area contributed by atoms with Crippen LogP contribution in [0.1, 0.15) is 104 Å². The fourth-order valence-electron chi connectivity index (χ4n) is 7.40. The molecular weight excluding hydrogens is 651 g/mol. The first-order valence-corrected chi connectivity index (χ1v) is 19.0. The molecule has 0 amide bonds. The van der Waals surface area contributed by atoms with E-state index in [9.17, 15) is 0 Å². The van der Waals surface area contributed by atoms with Crippen LogP contribution in [-0.4, -0.2) is 8.07 Å². The molecule has 1 aliphatic rings. The van der Waals surface area contributed by atoms with Gasteiger partial charge in [0.25, 0.3) is 0 Å². The zero-order valence-electron chi connectivity index (χ0n) is 27.7. The van der Waals surface area contributed by atoms with Crippen molar-refractivity contribution < 1.29 is 57.7 Å². The van der Waals surface area contributed by atoms with Crippen molar-refractivity contribution in [2.75, 3.05) is 0 Å². The van der Waals surface area contributed by atoms with E-state index in [0.29, 0.717) is 0 Å². The second-order valence-corrected chi connectivity index (χ2v) is 17.5. The average molecular weight is 702 g/mol. The number of benzene rings is 3. The van der Waals surface area contributed by atoms with Crippen LogP contribution in [0.25, 0.3) is 0 Å². The van der Waals surface area contributed by atoms with Gasteiger partial charge in [-0.2, -0.15) is 0 Å². The molecule has 0 N–H and O–H groups in total. The van der Waals surface area contributed by atoms with Gasteiger partial charge in [0, 0.05) is 0 Å². The van der Waals surface area contributed by atoms with Crippen LogP contribution in [-0.2, 0) is 33.3 Å². The van der Waals surface area contributed by atoms with Gasteiger partial charge in [0.15, 0.2) is 0 Å². The monoisotopic (exact) mass is 700 g/mol. The summed E-state index contributed by atoms with van der Waals surface area (Å²) in [4.78, 5) is 0. The van der Waals surface area contributed by atoms with Crippen molar-refractivity contribution in [3.8, 4) is 0 Å². The van der Waals surface area contributed by atoms with Crippen molar-refractivity contribution in [1.29, 1.82) is 0 Å². The summed E-state index contributed by atoms with van der Waals surface area (Å²) in [6.45, 7) is 14.4. The van der Waals surface area contributed by atoms with E-state index in [-0.39, 0.29) is 42.3 Å².